The maximum Gasteiger partial charge on any atom is 0.260 e. The van der Waals surface area contributed by atoms with Crippen LogP contribution in [-0.4, -0.2) is 17.1 Å². The smallest absolute Gasteiger partial charge is 0.260 e. The van der Waals surface area contributed by atoms with E-state index in [2.05, 4.69) is 0 Å². The summed E-state index contributed by atoms with van der Waals surface area (Å²) < 4.78 is 6.27. The highest BCUT2D eigenvalue weighted by atomic mass is 35.5. The van der Waals surface area contributed by atoms with E-state index in [1.807, 2.05) is 31.2 Å². The molecular weight excluding hydrogens is 347 g/mol. The topological polar surface area (TPSA) is 27.7 Å². The number of ether oxygens (including phenoxy) is 1. The lowest BCUT2D eigenvalue weighted by molar-refractivity contribution is -0.647. The van der Waals surface area contributed by atoms with Crippen LogP contribution in [0.1, 0.15) is 44.6 Å². The average Bonchev–Trinajstić information content (AvgIpc) is 2.51. The van der Waals surface area contributed by atoms with E-state index in [0.717, 1.165) is 43.6 Å². The van der Waals surface area contributed by atoms with Gasteiger partial charge in [-0.3, -0.25) is 0 Å². The standard InChI is InChI=1S/C19H22Cl2O3/c1-2-22-19(13-3-5-16(20)6-4-13)18(23-24-19)14-7-12-8-15(18)11-17(21,9-12)10-14/h3-6,12,14-15H,2,7-11H2,1H3. The van der Waals surface area contributed by atoms with Crippen LogP contribution < -0.4 is 0 Å². The van der Waals surface area contributed by atoms with Gasteiger partial charge in [0.2, 0.25) is 0 Å². The molecule has 5 fully saturated rings. The van der Waals surface area contributed by atoms with Crippen LogP contribution in [0.5, 0.6) is 0 Å². The molecule has 5 aliphatic rings. The lowest BCUT2D eigenvalue weighted by atomic mass is 9.46. The minimum atomic E-state index is -0.831. The summed E-state index contributed by atoms with van der Waals surface area (Å²) in [6.45, 7) is 2.58. The Kier molecular flexibility index (Phi) is 3.38. The Bertz CT molecular complexity index is 645. The van der Waals surface area contributed by atoms with E-state index >= 15 is 0 Å². The Balaban J connectivity index is 1.61. The summed E-state index contributed by atoms with van der Waals surface area (Å²) >= 11 is 13.0. The van der Waals surface area contributed by atoms with Crippen molar-refractivity contribution >= 4 is 23.2 Å². The van der Waals surface area contributed by atoms with Crippen molar-refractivity contribution in [3.8, 4) is 0 Å². The zero-order chi connectivity index (χ0) is 16.6. The predicted octanol–water partition coefficient (Wildman–Crippen LogP) is 5.05. The largest absolute Gasteiger partial charge is 0.342 e. The van der Waals surface area contributed by atoms with E-state index in [-0.39, 0.29) is 4.87 Å². The number of alkyl halides is 1. The van der Waals surface area contributed by atoms with Crippen LogP contribution in [0.25, 0.3) is 0 Å². The van der Waals surface area contributed by atoms with Crippen LogP contribution in [0.15, 0.2) is 24.3 Å². The molecule has 4 aliphatic carbocycles. The summed E-state index contributed by atoms with van der Waals surface area (Å²) in [5.74, 6) is 0.663. The van der Waals surface area contributed by atoms with Crippen molar-refractivity contribution in [1.29, 1.82) is 0 Å². The van der Waals surface area contributed by atoms with Crippen molar-refractivity contribution in [2.24, 2.45) is 17.8 Å². The first kappa shape index (κ1) is 15.9. The molecule has 1 heterocycles. The molecule has 3 nitrogen and oxygen atoms in total. The molecule has 3 atom stereocenters. The molecule has 1 saturated heterocycles. The molecule has 1 aliphatic heterocycles. The Morgan fingerprint density at radius 2 is 1.75 bits per heavy atom. The third-order valence-electron chi connectivity index (χ3n) is 6.71. The van der Waals surface area contributed by atoms with Crippen LogP contribution in [0.4, 0.5) is 0 Å². The van der Waals surface area contributed by atoms with E-state index in [1.165, 1.54) is 0 Å². The van der Waals surface area contributed by atoms with E-state index in [1.54, 1.807) is 0 Å². The highest BCUT2D eigenvalue weighted by Crippen LogP contribution is 2.71. The first-order chi connectivity index (χ1) is 11.5. The molecule has 130 valence electrons. The van der Waals surface area contributed by atoms with Gasteiger partial charge >= 0.3 is 0 Å². The fourth-order valence-electron chi connectivity index (χ4n) is 6.13. The molecule has 24 heavy (non-hydrogen) atoms. The number of rotatable bonds is 3. The zero-order valence-corrected chi connectivity index (χ0v) is 15.3. The van der Waals surface area contributed by atoms with Gasteiger partial charge in [0.15, 0.2) is 5.60 Å². The van der Waals surface area contributed by atoms with Crippen LogP contribution in [0, 0.1) is 17.8 Å². The summed E-state index contributed by atoms with van der Waals surface area (Å²) in [5.41, 5.74) is 0.586. The van der Waals surface area contributed by atoms with Crippen molar-refractivity contribution < 1.29 is 14.5 Å². The fraction of sp³-hybridized carbons (Fsp3) is 0.684. The Hall–Kier alpha value is -0.320. The van der Waals surface area contributed by atoms with Gasteiger partial charge in [0.25, 0.3) is 5.79 Å². The lowest BCUT2D eigenvalue weighted by Crippen LogP contribution is -2.78. The summed E-state index contributed by atoms with van der Waals surface area (Å²) in [6.07, 6.45) is 5.47. The fourth-order valence-corrected chi connectivity index (χ4v) is 6.84. The van der Waals surface area contributed by atoms with Crippen LogP contribution in [0.3, 0.4) is 0 Å². The molecular formula is C19H22Cl2O3. The minimum absolute atomic E-state index is 0.0430. The molecule has 0 radical (unpaired) electrons. The quantitative estimate of drug-likeness (QED) is 0.551. The van der Waals surface area contributed by atoms with Gasteiger partial charge in [0, 0.05) is 22.1 Å². The second-order valence-corrected chi connectivity index (χ2v) is 9.25. The summed E-state index contributed by atoms with van der Waals surface area (Å²) in [7, 11) is 0. The molecule has 3 unspecified atom stereocenters. The SMILES string of the molecule is CCOC1(c2ccc(Cl)cc2)OOC12C1CC3CC2CC(Cl)(C3)C1. The number of halogens is 2. The average molecular weight is 369 g/mol. The van der Waals surface area contributed by atoms with E-state index in [0.29, 0.717) is 23.5 Å². The first-order valence-corrected chi connectivity index (χ1v) is 9.73. The maximum absolute atomic E-state index is 6.92. The molecule has 1 aromatic rings. The first-order valence-electron chi connectivity index (χ1n) is 8.97. The molecule has 0 amide bonds. The van der Waals surface area contributed by atoms with Crippen LogP contribution in [-0.2, 0) is 20.3 Å². The van der Waals surface area contributed by atoms with Crippen molar-refractivity contribution in [3.05, 3.63) is 34.9 Å². The van der Waals surface area contributed by atoms with Gasteiger partial charge in [-0.2, -0.15) is 4.89 Å². The number of benzene rings is 1. The van der Waals surface area contributed by atoms with Gasteiger partial charge in [0.1, 0.15) is 0 Å². The van der Waals surface area contributed by atoms with E-state index in [9.17, 15) is 0 Å². The van der Waals surface area contributed by atoms with Crippen molar-refractivity contribution in [2.75, 3.05) is 6.61 Å². The molecule has 1 aromatic carbocycles. The van der Waals surface area contributed by atoms with Crippen molar-refractivity contribution in [3.63, 3.8) is 0 Å². The van der Waals surface area contributed by atoms with Gasteiger partial charge in [-0.25, -0.2) is 4.89 Å². The number of hydrogen-bond acceptors (Lipinski definition) is 3. The molecule has 4 saturated carbocycles. The Morgan fingerprint density at radius 1 is 1.08 bits per heavy atom. The van der Waals surface area contributed by atoms with Gasteiger partial charge in [-0.15, -0.1) is 11.6 Å². The summed E-state index contributed by atoms with van der Waals surface area (Å²) in [5, 5.41) is 0.712. The third-order valence-corrected chi connectivity index (χ3v) is 7.43. The summed E-state index contributed by atoms with van der Waals surface area (Å²) in [4.78, 5) is 11.7. The van der Waals surface area contributed by atoms with Gasteiger partial charge in [0.05, 0.1) is 0 Å². The van der Waals surface area contributed by atoms with E-state index in [4.69, 9.17) is 37.7 Å². The van der Waals surface area contributed by atoms with Crippen molar-refractivity contribution in [1.82, 2.24) is 0 Å². The second kappa shape index (κ2) is 5.11. The number of hydrogen-bond donors (Lipinski definition) is 0. The molecule has 6 rings (SSSR count). The highest BCUT2D eigenvalue weighted by molar-refractivity contribution is 6.30. The lowest BCUT2D eigenvalue weighted by Gasteiger charge is -2.70. The monoisotopic (exact) mass is 368 g/mol. The highest BCUT2D eigenvalue weighted by Gasteiger charge is 2.78. The normalized spacial score (nSPS) is 48.7. The molecule has 0 N–H and O–H groups in total. The molecule has 1 spiro atoms. The predicted molar refractivity (Wildman–Crippen MR) is 91.8 cm³/mol. The molecule has 0 aromatic heterocycles. The Morgan fingerprint density at radius 3 is 2.25 bits per heavy atom. The van der Waals surface area contributed by atoms with Crippen molar-refractivity contribution in [2.45, 2.75) is 55.3 Å². The molecule has 4 bridgehead atoms. The minimum Gasteiger partial charge on any atom is -0.342 e. The summed E-state index contributed by atoms with van der Waals surface area (Å²) in [6, 6.07) is 7.80. The van der Waals surface area contributed by atoms with E-state index < -0.39 is 11.4 Å². The second-order valence-electron chi connectivity index (χ2n) is 8.01. The van der Waals surface area contributed by atoms with Crippen LogP contribution in [0.2, 0.25) is 5.02 Å². The van der Waals surface area contributed by atoms with Gasteiger partial charge in [-0.05, 0) is 68.9 Å². The zero-order valence-electron chi connectivity index (χ0n) is 13.8. The molecule has 5 heteroatoms. The third kappa shape index (κ3) is 1.86. The van der Waals surface area contributed by atoms with Gasteiger partial charge < -0.3 is 4.74 Å². The maximum atomic E-state index is 6.92. The Labute approximate surface area is 152 Å². The van der Waals surface area contributed by atoms with Crippen LogP contribution >= 0.6 is 23.2 Å². The van der Waals surface area contributed by atoms with Gasteiger partial charge in [-0.1, -0.05) is 23.7 Å².